The molecule has 39 heavy (non-hydrogen) atoms. The van der Waals surface area contributed by atoms with E-state index in [1.807, 2.05) is 56.3 Å². The smallest absolute Gasteiger partial charge is 0.299 e. The van der Waals surface area contributed by atoms with Crippen LogP contribution in [-0.2, 0) is 18.7 Å². The molecule has 8 nitrogen and oxygen atoms in total. The third-order valence-electron chi connectivity index (χ3n) is 7.06. The molecule has 1 N–H and O–H groups in total. The Balaban J connectivity index is 0.000000181. The first-order valence-electron chi connectivity index (χ1n) is 13.4. The summed E-state index contributed by atoms with van der Waals surface area (Å²) in [5, 5.41) is 16.8. The van der Waals surface area contributed by atoms with E-state index in [-0.39, 0.29) is 11.5 Å². The quantitative estimate of drug-likeness (QED) is 0.207. The maximum Gasteiger partial charge on any atom is 0.299 e. The Kier molecular flexibility index (Phi) is 10.0. The van der Waals surface area contributed by atoms with Gasteiger partial charge in [-0.25, -0.2) is 9.67 Å². The predicted molar refractivity (Wildman–Crippen MR) is 162 cm³/mol. The molecule has 2 atom stereocenters. The summed E-state index contributed by atoms with van der Waals surface area (Å²) >= 11 is 8.15. The Hall–Kier alpha value is -2.50. The van der Waals surface area contributed by atoms with Crippen LogP contribution in [0.25, 0.3) is 10.9 Å². The van der Waals surface area contributed by atoms with Crippen molar-refractivity contribution in [1.29, 1.82) is 0 Å². The van der Waals surface area contributed by atoms with Gasteiger partial charge in [-0.3, -0.25) is 9.36 Å². The van der Waals surface area contributed by atoms with E-state index in [4.69, 9.17) is 16.3 Å². The molecule has 5 rings (SSSR count). The summed E-state index contributed by atoms with van der Waals surface area (Å²) in [5.74, 6) is 0.757. The van der Waals surface area contributed by atoms with E-state index in [0.29, 0.717) is 47.6 Å². The fourth-order valence-corrected chi connectivity index (χ4v) is 5.30. The van der Waals surface area contributed by atoms with E-state index in [1.165, 1.54) is 19.2 Å². The maximum absolute atomic E-state index is 12.5. The largest absolute Gasteiger partial charge is 0.465 e. The minimum Gasteiger partial charge on any atom is -0.465 e. The Morgan fingerprint density at radius 1 is 1.18 bits per heavy atom. The molecule has 1 fully saturated rings. The van der Waals surface area contributed by atoms with Crippen LogP contribution in [0.4, 0.5) is 0 Å². The van der Waals surface area contributed by atoms with Crippen molar-refractivity contribution in [2.24, 2.45) is 11.8 Å². The number of ether oxygens (including phenoxy) is 1. The number of aromatic nitrogens is 5. The van der Waals surface area contributed by atoms with Gasteiger partial charge < -0.3 is 9.84 Å². The summed E-state index contributed by atoms with van der Waals surface area (Å²) in [7, 11) is 0. The Morgan fingerprint density at radius 3 is 2.54 bits per heavy atom. The van der Waals surface area contributed by atoms with Gasteiger partial charge in [0.05, 0.1) is 24.1 Å². The van der Waals surface area contributed by atoms with Crippen molar-refractivity contribution < 1.29 is 9.84 Å². The first-order valence-corrected chi connectivity index (χ1v) is 14.9. The molecule has 1 saturated carbocycles. The molecular weight excluding hydrogens is 629 g/mol. The van der Waals surface area contributed by atoms with Crippen LogP contribution in [0.1, 0.15) is 52.0 Å². The standard InChI is InChI=1S/C15H18ClN3O.C14H17IN2O2/c1-11(12-2-3-12)15(20,8-19-10-17-9-18-19)13-4-6-14(16)7-5-13;1-3-7-17-13(18)11-9-10(15)5-6-12(11)16-14(17)19-8-4-2/h4-7,9-12,20H,2-3,8H2,1H3;5-6,9H,3-4,7-8H2,1-2H3. The summed E-state index contributed by atoms with van der Waals surface area (Å²) in [4.78, 5) is 20.9. The number of halogens is 2. The molecule has 2 unspecified atom stereocenters. The number of nitrogens with zero attached hydrogens (tertiary/aromatic N) is 5. The highest BCUT2D eigenvalue weighted by molar-refractivity contribution is 14.1. The Bertz CT molecular complexity index is 1420. The highest BCUT2D eigenvalue weighted by Gasteiger charge is 2.44. The average molecular weight is 664 g/mol. The Morgan fingerprint density at radius 2 is 1.92 bits per heavy atom. The molecule has 2 aromatic carbocycles. The zero-order chi connectivity index (χ0) is 28.0. The van der Waals surface area contributed by atoms with Crippen LogP contribution in [0.3, 0.4) is 0 Å². The molecule has 4 aromatic rings. The number of benzene rings is 2. The molecule has 10 heteroatoms. The third-order valence-corrected chi connectivity index (χ3v) is 7.98. The van der Waals surface area contributed by atoms with E-state index < -0.39 is 5.60 Å². The second-order valence-corrected chi connectivity index (χ2v) is 11.7. The third kappa shape index (κ3) is 7.18. The van der Waals surface area contributed by atoms with E-state index in [9.17, 15) is 9.90 Å². The monoisotopic (exact) mass is 663 g/mol. The maximum atomic E-state index is 12.5. The van der Waals surface area contributed by atoms with E-state index in [0.717, 1.165) is 22.0 Å². The van der Waals surface area contributed by atoms with Crippen molar-refractivity contribution >= 4 is 45.1 Å². The predicted octanol–water partition coefficient (Wildman–Crippen LogP) is 6.07. The molecule has 0 spiro atoms. The van der Waals surface area contributed by atoms with Crippen molar-refractivity contribution in [1.82, 2.24) is 24.3 Å². The van der Waals surface area contributed by atoms with Crippen LogP contribution in [0.15, 0.2) is 59.9 Å². The SMILES string of the molecule is CC(C1CC1)C(O)(Cn1cncn1)c1ccc(Cl)cc1.CCCOc1nc2ccc(I)cc2c(=O)n1CCC. The lowest BCUT2D eigenvalue weighted by Crippen LogP contribution is -2.39. The average Bonchev–Trinajstić information content (AvgIpc) is 3.66. The minimum absolute atomic E-state index is 0.0172. The molecular formula is C29H35ClIN5O3. The van der Waals surface area contributed by atoms with Crippen molar-refractivity contribution in [2.45, 2.75) is 65.1 Å². The van der Waals surface area contributed by atoms with Crippen LogP contribution in [-0.4, -0.2) is 36.0 Å². The molecule has 208 valence electrons. The number of fused-ring (bicyclic) bond motifs is 1. The van der Waals surface area contributed by atoms with Gasteiger partial charge >= 0.3 is 0 Å². The molecule has 0 amide bonds. The summed E-state index contributed by atoms with van der Waals surface area (Å²) < 4.78 is 9.97. The van der Waals surface area contributed by atoms with Crippen LogP contribution in [0.2, 0.25) is 5.02 Å². The first kappa shape index (κ1) is 29.5. The lowest BCUT2D eigenvalue weighted by molar-refractivity contribution is -0.0442. The lowest BCUT2D eigenvalue weighted by Gasteiger charge is -2.35. The van der Waals surface area contributed by atoms with Gasteiger partial charge in [-0.15, -0.1) is 0 Å². The van der Waals surface area contributed by atoms with Gasteiger partial charge in [-0.1, -0.05) is 44.5 Å². The summed E-state index contributed by atoms with van der Waals surface area (Å²) in [6, 6.07) is 13.6. The van der Waals surface area contributed by atoms with Gasteiger partial charge in [0.1, 0.15) is 18.3 Å². The molecule has 0 bridgehead atoms. The first-order chi connectivity index (χ1) is 18.8. The molecule has 0 radical (unpaired) electrons. The van der Waals surface area contributed by atoms with Gasteiger partial charge in [0, 0.05) is 15.1 Å². The van der Waals surface area contributed by atoms with Crippen molar-refractivity contribution in [3.8, 4) is 6.01 Å². The van der Waals surface area contributed by atoms with Gasteiger partial charge in [0.15, 0.2) is 0 Å². The minimum atomic E-state index is -0.945. The van der Waals surface area contributed by atoms with Crippen LogP contribution in [0, 0.1) is 15.4 Å². The molecule has 0 aliphatic heterocycles. The van der Waals surface area contributed by atoms with E-state index in [1.54, 1.807) is 15.6 Å². The second-order valence-electron chi connectivity index (χ2n) is 10.0. The zero-order valence-corrected chi connectivity index (χ0v) is 25.5. The van der Waals surface area contributed by atoms with E-state index in [2.05, 4.69) is 44.6 Å². The normalized spacial score (nSPS) is 15.3. The van der Waals surface area contributed by atoms with Crippen molar-refractivity contribution in [2.75, 3.05) is 6.61 Å². The molecule has 2 heterocycles. The number of rotatable bonds is 10. The van der Waals surface area contributed by atoms with Crippen molar-refractivity contribution in [3.63, 3.8) is 0 Å². The summed E-state index contributed by atoms with van der Waals surface area (Å²) in [6.07, 6.45) is 7.28. The Labute approximate surface area is 247 Å². The summed E-state index contributed by atoms with van der Waals surface area (Å²) in [5.41, 5.74) is 0.622. The van der Waals surface area contributed by atoms with Crippen LogP contribution in [0.5, 0.6) is 6.01 Å². The van der Waals surface area contributed by atoms with Gasteiger partial charge in [0.2, 0.25) is 0 Å². The fraction of sp³-hybridized carbons (Fsp3) is 0.448. The lowest BCUT2D eigenvalue weighted by atomic mass is 9.79. The molecule has 1 aliphatic carbocycles. The summed E-state index contributed by atoms with van der Waals surface area (Å²) in [6.45, 7) is 7.80. The highest BCUT2D eigenvalue weighted by atomic mass is 127. The van der Waals surface area contributed by atoms with E-state index >= 15 is 0 Å². The highest BCUT2D eigenvalue weighted by Crippen LogP contribution is 2.46. The molecule has 1 aliphatic rings. The van der Waals surface area contributed by atoms with Crippen molar-refractivity contribution in [3.05, 3.63) is 79.6 Å². The number of aliphatic hydroxyl groups is 1. The zero-order valence-electron chi connectivity index (χ0n) is 22.6. The van der Waals surface area contributed by atoms with Gasteiger partial charge in [-0.2, -0.15) is 10.1 Å². The fourth-order valence-electron chi connectivity index (χ4n) is 4.68. The number of hydrogen-bond acceptors (Lipinski definition) is 6. The van der Waals surface area contributed by atoms with Crippen LogP contribution < -0.4 is 10.3 Å². The molecule has 2 aromatic heterocycles. The topological polar surface area (TPSA) is 95.1 Å². The van der Waals surface area contributed by atoms with Crippen LogP contribution >= 0.6 is 34.2 Å². The molecule has 0 saturated heterocycles. The second kappa shape index (κ2) is 13.2. The van der Waals surface area contributed by atoms with Gasteiger partial charge in [0.25, 0.3) is 11.6 Å². The number of hydrogen-bond donors (Lipinski definition) is 1. The van der Waals surface area contributed by atoms with Gasteiger partial charge in [-0.05, 0) is 96.0 Å².